The van der Waals surface area contributed by atoms with Crippen molar-refractivity contribution in [1.82, 2.24) is 4.90 Å². The summed E-state index contributed by atoms with van der Waals surface area (Å²) >= 11 is 0. The summed E-state index contributed by atoms with van der Waals surface area (Å²) in [5.74, 6) is 0.110. The number of likely N-dealkylation sites (N-methyl/N-ethyl adjacent to an activating group) is 1. The highest BCUT2D eigenvalue weighted by Gasteiger charge is 2.51. The Bertz CT molecular complexity index is 501. The van der Waals surface area contributed by atoms with Gasteiger partial charge in [-0.25, -0.2) is 0 Å². The summed E-state index contributed by atoms with van der Waals surface area (Å²) < 4.78 is 18.6. The maximum atomic E-state index is 10.8. The summed E-state index contributed by atoms with van der Waals surface area (Å²) in [5, 5.41) is 10.8. The van der Waals surface area contributed by atoms with Crippen LogP contribution in [-0.2, 0) is 14.2 Å². The number of hydrogen-bond donors (Lipinski definition) is 2. The molecule has 27 heavy (non-hydrogen) atoms. The van der Waals surface area contributed by atoms with Gasteiger partial charge in [-0.3, -0.25) is 4.90 Å². The zero-order valence-corrected chi connectivity index (χ0v) is 17.9. The summed E-state index contributed by atoms with van der Waals surface area (Å²) in [6, 6.07) is 0. The smallest absolute Gasteiger partial charge is 0.172 e. The first-order chi connectivity index (χ1) is 12.5. The molecule has 5 atom stereocenters. The lowest BCUT2D eigenvalue weighted by Crippen LogP contribution is -2.57. The Morgan fingerprint density at radius 1 is 1.15 bits per heavy atom. The van der Waals surface area contributed by atoms with Gasteiger partial charge in [0.25, 0.3) is 0 Å². The number of aliphatic hydroxyl groups excluding tert-OH is 1. The third kappa shape index (κ3) is 4.85. The van der Waals surface area contributed by atoms with Crippen LogP contribution in [0, 0.1) is 5.92 Å². The summed E-state index contributed by atoms with van der Waals surface area (Å²) in [5.41, 5.74) is 5.31. The number of rotatable bonds is 7. The zero-order valence-electron chi connectivity index (χ0n) is 17.9. The van der Waals surface area contributed by atoms with Crippen molar-refractivity contribution in [3.63, 3.8) is 0 Å². The molecule has 1 heterocycles. The summed E-state index contributed by atoms with van der Waals surface area (Å²) in [7, 11) is 3.93. The summed E-state index contributed by atoms with van der Waals surface area (Å²) in [6.07, 6.45) is 7.73. The number of nitrogens with zero attached hydrogens (tertiary/aromatic N) is 1. The van der Waals surface area contributed by atoms with Crippen molar-refractivity contribution in [2.75, 3.05) is 20.7 Å². The van der Waals surface area contributed by atoms with Gasteiger partial charge in [0.2, 0.25) is 0 Å². The van der Waals surface area contributed by atoms with Gasteiger partial charge in [-0.2, -0.15) is 0 Å². The van der Waals surface area contributed by atoms with Crippen LogP contribution in [-0.4, -0.2) is 66.1 Å². The minimum Gasteiger partial charge on any atom is -0.366 e. The van der Waals surface area contributed by atoms with E-state index in [9.17, 15) is 5.11 Å². The molecule has 5 unspecified atom stereocenters. The fourth-order valence-electron chi connectivity index (χ4n) is 5.12. The van der Waals surface area contributed by atoms with Crippen LogP contribution in [0.3, 0.4) is 0 Å². The Balaban J connectivity index is 1.52. The van der Waals surface area contributed by atoms with Crippen LogP contribution in [0.25, 0.3) is 0 Å². The van der Waals surface area contributed by atoms with Gasteiger partial charge in [-0.15, -0.1) is 0 Å². The van der Waals surface area contributed by atoms with Gasteiger partial charge in [0.1, 0.15) is 0 Å². The van der Waals surface area contributed by atoms with E-state index in [-0.39, 0.29) is 23.5 Å². The van der Waals surface area contributed by atoms with E-state index in [1.807, 2.05) is 39.8 Å². The van der Waals surface area contributed by atoms with Gasteiger partial charge in [-0.1, -0.05) is 0 Å². The van der Waals surface area contributed by atoms with E-state index in [4.69, 9.17) is 19.9 Å². The van der Waals surface area contributed by atoms with Crippen molar-refractivity contribution in [3.05, 3.63) is 0 Å². The highest BCUT2D eigenvalue weighted by Crippen LogP contribution is 2.46. The van der Waals surface area contributed by atoms with E-state index in [0.717, 1.165) is 32.1 Å². The maximum Gasteiger partial charge on any atom is 0.172 e. The lowest BCUT2D eigenvalue weighted by Gasteiger charge is -2.44. The largest absolute Gasteiger partial charge is 0.366 e. The third-order valence-electron chi connectivity index (χ3n) is 6.79. The molecule has 3 N–H and O–H groups in total. The van der Waals surface area contributed by atoms with Crippen LogP contribution >= 0.6 is 0 Å². The normalized spacial score (nSPS) is 34.0. The fraction of sp³-hybridized carbons (Fsp3) is 1.00. The SMILES string of the molecule is CN(C)C(C)(CC(C)(C)N)C(O)OCC1CCC2OC3(CCCC3)OC2C1. The van der Waals surface area contributed by atoms with Gasteiger partial charge in [-0.05, 0) is 79.3 Å². The number of hydrogen-bond acceptors (Lipinski definition) is 6. The first-order valence-corrected chi connectivity index (χ1v) is 10.6. The van der Waals surface area contributed by atoms with Crippen molar-refractivity contribution in [1.29, 1.82) is 0 Å². The number of fused-ring (bicyclic) bond motifs is 1. The molecule has 1 spiro atoms. The molecular weight excluding hydrogens is 344 g/mol. The molecule has 3 fully saturated rings. The number of aliphatic hydroxyl groups is 1. The minimum atomic E-state index is -0.880. The quantitative estimate of drug-likeness (QED) is 0.657. The molecule has 3 rings (SSSR count). The van der Waals surface area contributed by atoms with E-state index >= 15 is 0 Å². The number of ether oxygens (including phenoxy) is 3. The Labute approximate surface area is 164 Å². The van der Waals surface area contributed by atoms with E-state index < -0.39 is 11.8 Å². The molecule has 1 aliphatic heterocycles. The number of nitrogens with two attached hydrogens (primary N) is 1. The summed E-state index contributed by atoms with van der Waals surface area (Å²) in [4.78, 5) is 2.01. The predicted octanol–water partition coefficient (Wildman–Crippen LogP) is 2.62. The highest BCUT2D eigenvalue weighted by atomic mass is 16.8. The molecule has 0 aromatic carbocycles. The van der Waals surface area contributed by atoms with Crippen LogP contribution < -0.4 is 5.73 Å². The second-order valence-electron chi connectivity index (χ2n) is 10.2. The first kappa shape index (κ1) is 21.5. The molecule has 0 radical (unpaired) electrons. The van der Waals surface area contributed by atoms with E-state index in [1.165, 1.54) is 12.8 Å². The summed E-state index contributed by atoms with van der Waals surface area (Å²) in [6.45, 7) is 6.54. The topological polar surface area (TPSA) is 77.2 Å². The highest BCUT2D eigenvalue weighted by molar-refractivity contribution is 4.95. The molecular formula is C21H40N2O4. The van der Waals surface area contributed by atoms with Crippen molar-refractivity contribution in [3.8, 4) is 0 Å². The minimum absolute atomic E-state index is 0.186. The Morgan fingerprint density at radius 2 is 1.78 bits per heavy atom. The first-order valence-electron chi connectivity index (χ1n) is 10.6. The predicted molar refractivity (Wildman–Crippen MR) is 105 cm³/mol. The molecule has 1 saturated heterocycles. The van der Waals surface area contributed by atoms with E-state index in [1.54, 1.807) is 0 Å². The van der Waals surface area contributed by atoms with E-state index in [2.05, 4.69) is 0 Å². The molecule has 6 heteroatoms. The van der Waals surface area contributed by atoms with Gasteiger partial charge in [0.15, 0.2) is 12.1 Å². The Morgan fingerprint density at radius 3 is 2.37 bits per heavy atom. The van der Waals surface area contributed by atoms with Gasteiger partial charge >= 0.3 is 0 Å². The zero-order chi connectivity index (χ0) is 19.9. The van der Waals surface area contributed by atoms with Crippen LogP contribution in [0.15, 0.2) is 0 Å². The maximum absolute atomic E-state index is 10.8. The van der Waals surface area contributed by atoms with Gasteiger partial charge in [0.05, 0.1) is 24.4 Å². The Hall–Kier alpha value is -0.240. The molecule has 0 bridgehead atoms. The molecule has 2 saturated carbocycles. The van der Waals surface area contributed by atoms with Crippen LogP contribution in [0.1, 0.15) is 72.1 Å². The monoisotopic (exact) mass is 384 g/mol. The molecule has 2 aliphatic carbocycles. The van der Waals surface area contributed by atoms with Crippen LogP contribution in [0.5, 0.6) is 0 Å². The molecule has 0 aromatic rings. The van der Waals surface area contributed by atoms with Crippen molar-refractivity contribution in [2.24, 2.45) is 11.7 Å². The molecule has 0 amide bonds. The second-order valence-corrected chi connectivity index (χ2v) is 10.2. The molecule has 158 valence electrons. The average molecular weight is 385 g/mol. The fourth-order valence-corrected chi connectivity index (χ4v) is 5.12. The molecule has 0 aromatic heterocycles. The third-order valence-corrected chi connectivity index (χ3v) is 6.79. The Kier molecular flexibility index (Phi) is 6.27. The second kappa shape index (κ2) is 7.88. The van der Waals surface area contributed by atoms with Crippen LogP contribution in [0.2, 0.25) is 0 Å². The van der Waals surface area contributed by atoms with Gasteiger partial charge < -0.3 is 25.1 Å². The van der Waals surface area contributed by atoms with Crippen molar-refractivity contribution < 1.29 is 19.3 Å². The molecule has 3 aliphatic rings. The lowest BCUT2D eigenvalue weighted by atomic mass is 9.84. The van der Waals surface area contributed by atoms with Crippen molar-refractivity contribution >= 4 is 0 Å². The van der Waals surface area contributed by atoms with Crippen molar-refractivity contribution in [2.45, 2.75) is 108 Å². The molecule has 6 nitrogen and oxygen atoms in total. The van der Waals surface area contributed by atoms with Gasteiger partial charge in [0, 0.05) is 18.4 Å². The lowest BCUT2D eigenvalue weighted by molar-refractivity contribution is -0.189. The van der Waals surface area contributed by atoms with Crippen LogP contribution in [0.4, 0.5) is 0 Å². The average Bonchev–Trinajstić information content (AvgIpc) is 3.16. The van der Waals surface area contributed by atoms with E-state index in [0.29, 0.717) is 18.9 Å². The standard InChI is InChI=1S/C21H40N2O4/c1-19(2,22)14-20(3,23(4)5)18(24)25-13-15-8-9-16-17(12-15)27-21(26-16)10-6-7-11-21/h15-18,24H,6-14,22H2,1-5H3.